The van der Waals surface area contributed by atoms with Crippen LogP contribution in [-0.4, -0.2) is 12.1 Å². The average Bonchev–Trinajstić information content (AvgIpc) is 2.14. The van der Waals surface area contributed by atoms with Gasteiger partial charge in [0.2, 0.25) is 0 Å². The molecule has 1 aliphatic rings. The Morgan fingerprint density at radius 3 is 2.80 bits per heavy atom. The van der Waals surface area contributed by atoms with Crippen molar-refractivity contribution < 1.29 is 9.53 Å². The second-order valence-electron chi connectivity index (χ2n) is 2.98. The van der Waals surface area contributed by atoms with Gasteiger partial charge in [-0.25, -0.2) is 0 Å². The summed E-state index contributed by atoms with van der Waals surface area (Å²) in [4.78, 5) is 10.8. The molecule has 10 heavy (non-hydrogen) atoms. The van der Waals surface area contributed by atoms with Crippen LogP contribution in [0, 0.1) is 5.92 Å². The molecule has 2 atom stereocenters. The Balaban J connectivity index is 2.34. The molecular weight excluding hydrogens is 128 g/mol. The SMILES string of the molecule is CCCC1C[C@@H](C)C(=O)O1. The largest absolute Gasteiger partial charge is 0.462 e. The Morgan fingerprint density at radius 1 is 1.70 bits per heavy atom. The standard InChI is InChI=1S/C8H14O2/c1-3-4-7-5-6(2)8(9)10-7/h6-7H,3-5H2,1-2H3/t6-,7?/m1/s1. The molecule has 0 aromatic carbocycles. The number of hydrogen-bond donors (Lipinski definition) is 0. The number of carbonyl (C=O) groups excluding carboxylic acids is 1. The molecule has 0 aromatic heterocycles. The van der Waals surface area contributed by atoms with Crippen LogP contribution in [0.3, 0.4) is 0 Å². The predicted molar refractivity (Wildman–Crippen MR) is 38.6 cm³/mol. The van der Waals surface area contributed by atoms with Crippen LogP contribution in [0.5, 0.6) is 0 Å². The zero-order valence-electron chi connectivity index (χ0n) is 6.59. The van der Waals surface area contributed by atoms with Crippen molar-refractivity contribution in [2.75, 3.05) is 0 Å². The third-order valence-electron chi connectivity index (χ3n) is 1.91. The Bertz CT molecular complexity index is 131. The summed E-state index contributed by atoms with van der Waals surface area (Å²) in [7, 11) is 0. The predicted octanol–water partition coefficient (Wildman–Crippen LogP) is 1.74. The van der Waals surface area contributed by atoms with Gasteiger partial charge in [-0.3, -0.25) is 4.79 Å². The molecule has 0 spiro atoms. The van der Waals surface area contributed by atoms with Crippen molar-refractivity contribution in [3.63, 3.8) is 0 Å². The van der Waals surface area contributed by atoms with Gasteiger partial charge < -0.3 is 4.74 Å². The van der Waals surface area contributed by atoms with E-state index in [1.807, 2.05) is 6.92 Å². The fraction of sp³-hybridized carbons (Fsp3) is 0.875. The number of rotatable bonds is 2. The van der Waals surface area contributed by atoms with Crippen molar-refractivity contribution in [3.05, 3.63) is 0 Å². The lowest BCUT2D eigenvalue weighted by atomic mass is 10.1. The smallest absolute Gasteiger partial charge is 0.309 e. The topological polar surface area (TPSA) is 26.3 Å². The van der Waals surface area contributed by atoms with E-state index in [1.165, 1.54) is 0 Å². The molecule has 58 valence electrons. The van der Waals surface area contributed by atoms with Crippen molar-refractivity contribution in [2.24, 2.45) is 5.92 Å². The van der Waals surface area contributed by atoms with E-state index in [2.05, 4.69) is 6.92 Å². The fourth-order valence-corrected chi connectivity index (χ4v) is 1.32. The minimum absolute atomic E-state index is 0.0153. The van der Waals surface area contributed by atoms with Crippen LogP contribution in [-0.2, 0) is 9.53 Å². The summed E-state index contributed by atoms with van der Waals surface area (Å²) in [5.41, 5.74) is 0. The molecular formula is C8H14O2. The van der Waals surface area contributed by atoms with E-state index in [4.69, 9.17) is 4.74 Å². The van der Waals surface area contributed by atoms with Crippen LogP contribution in [0.25, 0.3) is 0 Å². The number of cyclic esters (lactones) is 1. The Hall–Kier alpha value is -0.530. The third-order valence-corrected chi connectivity index (χ3v) is 1.91. The molecule has 0 bridgehead atoms. The summed E-state index contributed by atoms with van der Waals surface area (Å²) in [6.45, 7) is 4.04. The second-order valence-corrected chi connectivity index (χ2v) is 2.98. The van der Waals surface area contributed by atoms with Gasteiger partial charge in [-0.1, -0.05) is 20.3 Å². The lowest BCUT2D eigenvalue weighted by Gasteiger charge is -2.04. The third kappa shape index (κ3) is 1.49. The molecule has 0 N–H and O–H groups in total. The van der Waals surface area contributed by atoms with Crippen molar-refractivity contribution in [2.45, 2.75) is 39.2 Å². The summed E-state index contributed by atoms with van der Waals surface area (Å²) < 4.78 is 5.08. The molecule has 0 saturated carbocycles. The highest BCUT2D eigenvalue weighted by molar-refractivity contribution is 5.74. The van der Waals surface area contributed by atoms with E-state index in [0.717, 1.165) is 19.3 Å². The molecule has 1 saturated heterocycles. The van der Waals surface area contributed by atoms with Gasteiger partial charge >= 0.3 is 5.97 Å². The molecule has 2 heteroatoms. The van der Waals surface area contributed by atoms with Gasteiger partial charge in [-0.15, -0.1) is 0 Å². The zero-order chi connectivity index (χ0) is 7.56. The van der Waals surface area contributed by atoms with Crippen LogP contribution in [0.2, 0.25) is 0 Å². The maximum Gasteiger partial charge on any atom is 0.309 e. The summed E-state index contributed by atoms with van der Waals surface area (Å²) in [5, 5.41) is 0. The molecule has 1 rings (SSSR count). The van der Waals surface area contributed by atoms with Gasteiger partial charge in [0.05, 0.1) is 5.92 Å². The highest BCUT2D eigenvalue weighted by Crippen LogP contribution is 2.23. The fourth-order valence-electron chi connectivity index (χ4n) is 1.32. The molecule has 0 aliphatic carbocycles. The maximum absolute atomic E-state index is 10.8. The zero-order valence-corrected chi connectivity index (χ0v) is 6.59. The lowest BCUT2D eigenvalue weighted by molar-refractivity contribution is -0.144. The Morgan fingerprint density at radius 2 is 2.40 bits per heavy atom. The van der Waals surface area contributed by atoms with Crippen LogP contribution < -0.4 is 0 Å². The molecule has 1 unspecified atom stereocenters. The van der Waals surface area contributed by atoms with E-state index < -0.39 is 0 Å². The second kappa shape index (κ2) is 3.04. The minimum Gasteiger partial charge on any atom is -0.462 e. The molecule has 0 radical (unpaired) electrons. The van der Waals surface area contributed by atoms with Crippen molar-refractivity contribution in [1.29, 1.82) is 0 Å². The first-order chi connectivity index (χ1) is 4.74. The molecule has 2 nitrogen and oxygen atoms in total. The van der Waals surface area contributed by atoms with E-state index in [-0.39, 0.29) is 18.0 Å². The highest BCUT2D eigenvalue weighted by Gasteiger charge is 2.29. The van der Waals surface area contributed by atoms with Crippen LogP contribution in [0.15, 0.2) is 0 Å². The van der Waals surface area contributed by atoms with E-state index in [9.17, 15) is 4.79 Å². The molecule has 1 aliphatic heterocycles. The first-order valence-corrected chi connectivity index (χ1v) is 3.94. The van der Waals surface area contributed by atoms with E-state index in [1.54, 1.807) is 0 Å². The Labute approximate surface area is 61.6 Å². The monoisotopic (exact) mass is 142 g/mol. The van der Waals surface area contributed by atoms with Gasteiger partial charge in [0.1, 0.15) is 6.10 Å². The van der Waals surface area contributed by atoms with Crippen molar-refractivity contribution in [1.82, 2.24) is 0 Å². The van der Waals surface area contributed by atoms with Gasteiger partial charge in [0, 0.05) is 0 Å². The first-order valence-electron chi connectivity index (χ1n) is 3.94. The van der Waals surface area contributed by atoms with Crippen LogP contribution in [0.4, 0.5) is 0 Å². The minimum atomic E-state index is -0.0153. The normalized spacial score (nSPS) is 32.4. The number of carbonyl (C=O) groups is 1. The van der Waals surface area contributed by atoms with Gasteiger partial charge in [-0.05, 0) is 12.8 Å². The molecule has 1 fully saturated rings. The van der Waals surface area contributed by atoms with E-state index >= 15 is 0 Å². The number of esters is 1. The van der Waals surface area contributed by atoms with Crippen molar-refractivity contribution >= 4 is 5.97 Å². The van der Waals surface area contributed by atoms with Crippen molar-refractivity contribution in [3.8, 4) is 0 Å². The lowest BCUT2D eigenvalue weighted by Crippen LogP contribution is -2.05. The average molecular weight is 142 g/mol. The van der Waals surface area contributed by atoms with Gasteiger partial charge in [-0.2, -0.15) is 0 Å². The van der Waals surface area contributed by atoms with Gasteiger partial charge in [0.15, 0.2) is 0 Å². The Kier molecular flexibility index (Phi) is 2.30. The quantitative estimate of drug-likeness (QED) is 0.549. The van der Waals surface area contributed by atoms with Gasteiger partial charge in [0.25, 0.3) is 0 Å². The van der Waals surface area contributed by atoms with Crippen LogP contribution >= 0.6 is 0 Å². The molecule has 0 aromatic rings. The summed E-state index contributed by atoms with van der Waals surface area (Å²) in [6, 6.07) is 0. The first kappa shape index (κ1) is 7.58. The number of ether oxygens (including phenoxy) is 1. The molecule has 1 heterocycles. The summed E-state index contributed by atoms with van der Waals surface area (Å²) in [5.74, 6) is 0.120. The molecule has 0 amide bonds. The number of hydrogen-bond acceptors (Lipinski definition) is 2. The highest BCUT2D eigenvalue weighted by atomic mass is 16.5. The maximum atomic E-state index is 10.8. The van der Waals surface area contributed by atoms with E-state index in [0.29, 0.717) is 0 Å². The summed E-state index contributed by atoms with van der Waals surface area (Å²) >= 11 is 0. The van der Waals surface area contributed by atoms with Crippen LogP contribution in [0.1, 0.15) is 33.1 Å². The summed E-state index contributed by atoms with van der Waals surface area (Å²) in [6.07, 6.45) is 3.26.